The first-order valence-electron chi connectivity index (χ1n) is 16.6. The van der Waals surface area contributed by atoms with E-state index in [2.05, 4.69) is 13.8 Å². The zero-order valence-electron chi connectivity index (χ0n) is 24.9. The molecule has 0 radical (unpaired) electrons. The van der Waals surface area contributed by atoms with E-state index < -0.39 is 6.16 Å². The van der Waals surface area contributed by atoms with E-state index in [4.69, 9.17) is 9.47 Å². The lowest BCUT2D eigenvalue weighted by atomic mass is 10.0. The van der Waals surface area contributed by atoms with Crippen molar-refractivity contribution in [2.45, 2.75) is 194 Å². The number of carbonyl (C=O) groups excluding carboxylic acids is 1. The summed E-state index contributed by atoms with van der Waals surface area (Å²) in [4.78, 5) is 11.7. The Labute approximate surface area is 227 Å². The molecule has 0 saturated carbocycles. The number of rotatable bonds is 30. The van der Waals surface area contributed by atoms with Crippen LogP contribution in [0.5, 0.6) is 0 Å². The first kappa shape index (κ1) is 35.3. The van der Waals surface area contributed by atoms with Gasteiger partial charge in [-0.2, -0.15) is 0 Å². The average molecular weight is 511 g/mol. The summed E-state index contributed by atoms with van der Waals surface area (Å²) in [6, 6.07) is 0. The third-order valence-electron chi connectivity index (χ3n) is 7.44. The quantitative estimate of drug-likeness (QED) is 0.0711. The molecule has 0 saturated heterocycles. The second-order valence-electron chi connectivity index (χ2n) is 11.1. The molecule has 0 heterocycles. The molecule has 0 unspecified atom stereocenters. The summed E-state index contributed by atoms with van der Waals surface area (Å²) in [7, 11) is 0. The summed E-state index contributed by atoms with van der Waals surface area (Å²) in [6.45, 7) is 5.58. The van der Waals surface area contributed by atoms with Crippen LogP contribution in [-0.4, -0.2) is 19.4 Å². The monoisotopic (exact) mass is 511 g/mol. The molecule has 0 spiro atoms. The Hall–Kier alpha value is -0.730. The fraction of sp³-hybridized carbons (Fsp3) is 0.970. The molecule has 0 fully saturated rings. The number of hydrogen-bond acceptors (Lipinski definition) is 3. The fourth-order valence-electron chi connectivity index (χ4n) is 4.95. The van der Waals surface area contributed by atoms with Gasteiger partial charge in [0, 0.05) is 0 Å². The van der Waals surface area contributed by atoms with Crippen LogP contribution in [0.2, 0.25) is 0 Å². The standard InChI is InChI=1S/C33H66O3/c1-3-5-7-9-11-13-15-17-18-19-20-22-24-26-28-30-32-36-33(34)35-31-29-27-25-23-21-16-14-12-10-8-6-4-2/h3-32H2,1-2H3. The van der Waals surface area contributed by atoms with Crippen molar-refractivity contribution < 1.29 is 14.3 Å². The second kappa shape index (κ2) is 32.3. The van der Waals surface area contributed by atoms with Crippen LogP contribution in [0.1, 0.15) is 194 Å². The van der Waals surface area contributed by atoms with E-state index in [0.717, 1.165) is 25.7 Å². The largest absolute Gasteiger partial charge is 0.508 e. The van der Waals surface area contributed by atoms with Gasteiger partial charge in [0.25, 0.3) is 0 Å². The van der Waals surface area contributed by atoms with Crippen LogP contribution in [-0.2, 0) is 9.47 Å². The summed E-state index contributed by atoms with van der Waals surface area (Å²) < 4.78 is 10.4. The molecule has 0 amide bonds. The maximum Gasteiger partial charge on any atom is 0.508 e. The Bertz CT molecular complexity index is 410. The summed E-state index contributed by atoms with van der Waals surface area (Å²) in [5.74, 6) is 0. The van der Waals surface area contributed by atoms with Crippen LogP contribution in [0.25, 0.3) is 0 Å². The molecule has 36 heavy (non-hydrogen) atoms. The molecule has 0 aromatic rings. The van der Waals surface area contributed by atoms with Gasteiger partial charge in [-0.1, -0.05) is 181 Å². The molecule has 216 valence electrons. The van der Waals surface area contributed by atoms with E-state index in [1.165, 1.54) is 154 Å². The van der Waals surface area contributed by atoms with Gasteiger partial charge in [-0.25, -0.2) is 4.79 Å². The van der Waals surface area contributed by atoms with Crippen LogP contribution in [0, 0.1) is 0 Å². The van der Waals surface area contributed by atoms with Crippen LogP contribution in [0.4, 0.5) is 4.79 Å². The Kier molecular flexibility index (Phi) is 31.6. The Morgan fingerprint density at radius 1 is 0.333 bits per heavy atom. The summed E-state index contributed by atoms with van der Waals surface area (Å²) in [5, 5.41) is 0. The maximum atomic E-state index is 11.7. The topological polar surface area (TPSA) is 35.5 Å². The molecule has 0 aliphatic rings. The maximum absolute atomic E-state index is 11.7. The highest BCUT2D eigenvalue weighted by atomic mass is 16.7. The van der Waals surface area contributed by atoms with Gasteiger partial charge in [-0.15, -0.1) is 0 Å². The van der Waals surface area contributed by atoms with E-state index in [1.807, 2.05) is 0 Å². The summed E-state index contributed by atoms with van der Waals surface area (Å²) >= 11 is 0. The highest BCUT2D eigenvalue weighted by Crippen LogP contribution is 2.14. The van der Waals surface area contributed by atoms with Crippen molar-refractivity contribution in [1.82, 2.24) is 0 Å². The van der Waals surface area contributed by atoms with Gasteiger partial charge in [-0.3, -0.25) is 0 Å². The molecular weight excluding hydrogens is 444 g/mol. The highest BCUT2D eigenvalue weighted by Gasteiger charge is 2.03. The van der Waals surface area contributed by atoms with Gasteiger partial charge >= 0.3 is 6.16 Å². The molecule has 0 bridgehead atoms. The van der Waals surface area contributed by atoms with Gasteiger partial charge in [0.1, 0.15) is 0 Å². The minimum Gasteiger partial charge on any atom is -0.434 e. The lowest BCUT2D eigenvalue weighted by Gasteiger charge is -2.07. The number of ether oxygens (including phenoxy) is 2. The van der Waals surface area contributed by atoms with Crippen molar-refractivity contribution in [3.05, 3.63) is 0 Å². The van der Waals surface area contributed by atoms with Crippen LogP contribution in [0.15, 0.2) is 0 Å². The Morgan fingerprint density at radius 3 is 0.750 bits per heavy atom. The minimum absolute atomic E-state index is 0.473. The first-order valence-corrected chi connectivity index (χ1v) is 16.6. The molecule has 0 aromatic heterocycles. The van der Waals surface area contributed by atoms with Gasteiger partial charge in [0.05, 0.1) is 13.2 Å². The Balaban J connectivity index is 3.13. The molecule has 0 aliphatic carbocycles. The second-order valence-corrected chi connectivity index (χ2v) is 11.1. The highest BCUT2D eigenvalue weighted by molar-refractivity contribution is 5.59. The molecular formula is C33H66O3. The lowest BCUT2D eigenvalue weighted by Crippen LogP contribution is -2.09. The SMILES string of the molecule is CCCCCCCCCCCCCCCCCCOC(=O)OCCCCCCCCCCCCCC. The zero-order valence-corrected chi connectivity index (χ0v) is 24.9. The van der Waals surface area contributed by atoms with E-state index in [-0.39, 0.29) is 0 Å². The molecule has 3 nitrogen and oxygen atoms in total. The third-order valence-corrected chi connectivity index (χ3v) is 7.44. The van der Waals surface area contributed by atoms with Crippen LogP contribution < -0.4 is 0 Å². The Morgan fingerprint density at radius 2 is 0.528 bits per heavy atom. The first-order chi connectivity index (χ1) is 17.8. The van der Waals surface area contributed by atoms with Crippen molar-refractivity contribution >= 4 is 6.16 Å². The molecule has 0 atom stereocenters. The molecule has 0 aliphatic heterocycles. The fourth-order valence-corrected chi connectivity index (χ4v) is 4.95. The van der Waals surface area contributed by atoms with E-state index in [1.54, 1.807) is 0 Å². The predicted octanol–water partition coefficient (Wildman–Crippen LogP) is 12.1. The van der Waals surface area contributed by atoms with Gasteiger partial charge in [0.2, 0.25) is 0 Å². The van der Waals surface area contributed by atoms with Gasteiger partial charge < -0.3 is 9.47 Å². The predicted molar refractivity (Wildman–Crippen MR) is 158 cm³/mol. The van der Waals surface area contributed by atoms with Crippen molar-refractivity contribution in [3.63, 3.8) is 0 Å². The molecule has 0 rings (SSSR count). The molecule has 0 aromatic carbocycles. The smallest absolute Gasteiger partial charge is 0.434 e. The third kappa shape index (κ3) is 31.3. The van der Waals surface area contributed by atoms with Crippen LogP contribution >= 0.6 is 0 Å². The van der Waals surface area contributed by atoms with Crippen molar-refractivity contribution in [2.24, 2.45) is 0 Å². The zero-order chi connectivity index (χ0) is 26.2. The molecule has 3 heteroatoms. The molecule has 0 N–H and O–H groups in total. The summed E-state index contributed by atoms with van der Waals surface area (Å²) in [6.07, 6.45) is 37.0. The number of hydrogen-bond donors (Lipinski definition) is 0. The number of unbranched alkanes of at least 4 members (excludes halogenated alkanes) is 26. The van der Waals surface area contributed by atoms with E-state index in [0.29, 0.717) is 13.2 Å². The minimum atomic E-state index is -0.473. The van der Waals surface area contributed by atoms with Crippen LogP contribution in [0.3, 0.4) is 0 Å². The average Bonchev–Trinajstić information content (AvgIpc) is 2.88. The van der Waals surface area contributed by atoms with Crippen molar-refractivity contribution in [3.8, 4) is 0 Å². The lowest BCUT2D eigenvalue weighted by molar-refractivity contribution is 0.0529. The van der Waals surface area contributed by atoms with Gasteiger partial charge in [-0.05, 0) is 12.8 Å². The van der Waals surface area contributed by atoms with Crippen molar-refractivity contribution in [2.75, 3.05) is 13.2 Å². The van der Waals surface area contributed by atoms with Gasteiger partial charge in [0.15, 0.2) is 0 Å². The van der Waals surface area contributed by atoms with E-state index in [9.17, 15) is 4.79 Å². The number of carbonyl (C=O) groups is 1. The van der Waals surface area contributed by atoms with Crippen molar-refractivity contribution in [1.29, 1.82) is 0 Å². The van der Waals surface area contributed by atoms with E-state index >= 15 is 0 Å². The summed E-state index contributed by atoms with van der Waals surface area (Å²) in [5.41, 5.74) is 0. The normalized spacial score (nSPS) is 11.2.